The van der Waals surface area contributed by atoms with Gasteiger partial charge in [-0.2, -0.15) is 0 Å². The van der Waals surface area contributed by atoms with E-state index in [0.29, 0.717) is 0 Å². The van der Waals surface area contributed by atoms with E-state index in [2.05, 4.69) is 20.4 Å². The van der Waals surface area contributed by atoms with Crippen LogP contribution in [0.3, 0.4) is 0 Å². The second-order valence-corrected chi connectivity index (χ2v) is 6.78. The van der Waals surface area contributed by atoms with Gasteiger partial charge >= 0.3 is 12.4 Å². The van der Waals surface area contributed by atoms with Crippen LogP contribution in [0, 0.1) is 0 Å². The fourth-order valence-corrected chi connectivity index (χ4v) is 3.26. The van der Waals surface area contributed by atoms with Crippen molar-refractivity contribution in [3.63, 3.8) is 0 Å². The normalized spacial score (nSPS) is 18.9. The van der Waals surface area contributed by atoms with Gasteiger partial charge < -0.3 is 24.8 Å². The van der Waals surface area contributed by atoms with Crippen molar-refractivity contribution >= 4 is 11.7 Å². The largest absolute Gasteiger partial charge is 0.573 e. The number of pyridine rings is 1. The Kier molecular flexibility index (Phi) is 6.86. The van der Waals surface area contributed by atoms with Crippen molar-refractivity contribution in [2.24, 2.45) is 0 Å². The number of alkyl halides is 3. The van der Waals surface area contributed by atoms with Crippen molar-refractivity contribution in [3.05, 3.63) is 42.7 Å². The number of amides is 2. The molecule has 1 aliphatic rings. The zero-order valence-corrected chi connectivity index (χ0v) is 16.2. The van der Waals surface area contributed by atoms with Gasteiger partial charge in [-0.05, 0) is 49.9 Å². The van der Waals surface area contributed by atoms with Gasteiger partial charge in [-0.3, -0.25) is 4.98 Å². The molecule has 0 unspecified atom stereocenters. The Bertz CT molecular complexity index is 841. The average Bonchev–Trinajstić information content (AvgIpc) is 2.69. The summed E-state index contributed by atoms with van der Waals surface area (Å²) in [5, 5.41) is 5.36. The molecule has 1 fully saturated rings. The number of carbonyl (C=O) groups excluding carboxylic acids is 1. The number of methoxy groups -OCH3 is 1. The third-order valence-electron chi connectivity index (χ3n) is 4.61. The van der Waals surface area contributed by atoms with Gasteiger partial charge in [-0.25, -0.2) is 4.79 Å². The van der Waals surface area contributed by atoms with Crippen LogP contribution in [0.1, 0.15) is 25.7 Å². The molecule has 162 valence electrons. The number of nitrogens with zero attached hydrogens (tertiary/aromatic N) is 1. The summed E-state index contributed by atoms with van der Waals surface area (Å²) in [7, 11) is 1.35. The van der Waals surface area contributed by atoms with Crippen LogP contribution < -0.4 is 24.8 Å². The fourth-order valence-electron chi connectivity index (χ4n) is 3.26. The molecule has 30 heavy (non-hydrogen) atoms. The number of benzene rings is 1. The van der Waals surface area contributed by atoms with Crippen molar-refractivity contribution in [3.8, 4) is 17.2 Å². The molecule has 2 N–H and O–H groups in total. The van der Waals surface area contributed by atoms with E-state index < -0.39 is 18.1 Å². The van der Waals surface area contributed by atoms with Crippen molar-refractivity contribution in [1.29, 1.82) is 0 Å². The van der Waals surface area contributed by atoms with Crippen LogP contribution in [0.2, 0.25) is 0 Å². The number of urea groups is 1. The molecule has 0 spiro atoms. The SMILES string of the molecule is COc1ccc(OC(F)(F)F)cc1NC(=O)NC1CCC(Oc2ccncc2)CC1. The number of halogens is 3. The molecule has 10 heteroatoms. The van der Waals surface area contributed by atoms with Crippen molar-refractivity contribution < 1.29 is 32.2 Å². The average molecular weight is 425 g/mol. The summed E-state index contributed by atoms with van der Waals surface area (Å²) in [5.41, 5.74) is 0.0754. The molecule has 0 atom stereocenters. The minimum Gasteiger partial charge on any atom is -0.495 e. The van der Waals surface area contributed by atoms with Crippen LogP contribution in [-0.4, -0.2) is 36.6 Å². The maximum Gasteiger partial charge on any atom is 0.573 e. The second-order valence-electron chi connectivity index (χ2n) is 6.78. The maximum absolute atomic E-state index is 12.4. The highest BCUT2D eigenvalue weighted by molar-refractivity contribution is 5.91. The van der Waals surface area contributed by atoms with Crippen LogP contribution in [0.15, 0.2) is 42.7 Å². The zero-order chi connectivity index (χ0) is 21.6. The standard InChI is InChI=1S/C20H22F3N3O4/c1-28-18-7-6-16(30-20(21,22)23)12-17(18)26-19(27)25-13-2-4-14(5-3-13)29-15-8-10-24-11-9-15/h6-14H,2-5H2,1H3,(H2,25,26,27). The molecule has 1 aliphatic carbocycles. The summed E-state index contributed by atoms with van der Waals surface area (Å²) in [6.07, 6.45) is 1.54. The fraction of sp³-hybridized carbons (Fsp3) is 0.400. The number of aromatic nitrogens is 1. The van der Waals surface area contributed by atoms with Crippen molar-refractivity contribution in [2.45, 2.75) is 44.2 Å². The number of hydrogen-bond donors (Lipinski definition) is 2. The molecule has 0 aliphatic heterocycles. The van der Waals surface area contributed by atoms with Gasteiger partial charge in [0, 0.05) is 24.5 Å². The van der Waals surface area contributed by atoms with Gasteiger partial charge in [0.25, 0.3) is 0 Å². The van der Waals surface area contributed by atoms with E-state index in [1.54, 1.807) is 24.5 Å². The summed E-state index contributed by atoms with van der Waals surface area (Å²) in [6.45, 7) is 0. The van der Waals surface area contributed by atoms with E-state index in [9.17, 15) is 18.0 Å². The van der Waals surface area contributed by atoms with Crippen molar-refractivity contribution in [1.82, 2.24) is 10.3 Å². The number of carbonyl (C=O) groups is 1. The molecule has 1 saturated carbocycles. The van der Waals surface area contributed by atoms with Crippen LogP contribution in [0.4, 0.5) is 23.7 Å². The number of ether oxygens (including phenoxy) is 3. The Labute approximate surface area is 171 Å². The van der Waals surface area contributed by atoms with Gasteiger partial charge in [0.1, 0.15) is 17.2 Å². The first-order valence-electron chi connectivity index (χ1n) is 9.40. The first-order chi connectivity index (χ1) is 14.3. The molecule has 0 saturated heterocycles. The summed E-state index contributed by atoms with van der Waals surface area (Å²) in [5.74, 6) is 0.522. The smallest absolute Gasteiger partial charge is 0.495 e. The van der Waals surface area contributed by atoms with Gasteiger partial charge in [0.15, 0.2) is 0 Å². The highest BCUT2D eigenvalue weighted by Gasteiger charge is 2.31. The molecule has 7 nitrogen and oxygen atoms in total. The molecule has 0 radical (unpaired) electrons. The van der Waals surface area contributed by atoms with E-state index in [1.165, 1.54) is 13.2 Å². The molecule has 0 bridgehead atoms. The molecular formula is C20H22F3N3O4. The quantitative estimate of drug-likeness (QED) is 0.712. The zero-order valence-electron chi connectivity index (χ0n) is 16.2. The lowest BCUT2D eigenvalue weighted by atomic mass is 9.93. The molecule has 1 aromatic heterocycles. The Balaban J connectivity index is 1.51. The van der Waals surface area contributed by atoms with Gasteiger partial charge in [0.2, 0.25) is 0 Å². The lowest BCUT2D eigenvalue weighted by Crippen LogP contribution is -2.41. The van der Waals surface area contributed by atoms with E-state index in [1.807, 2.05) is 0 Å². The topological polar surface area (TPSA) is 81.7 Å². The van der Waals surface area contributed by atoms with Crippen LogP contribution in [-0.2, 0) is 0 Å². The first kappa shape index (κ1) is 21.5. The maximum atomic E-state index is 12.4. The number of nitrogens with one attached hydrogen (secondary N) is 2. The van der Waals surface area contributed by atoms with Crippen LogP contribution in [0.5, 0.6) is 17.2 Å². The Hall–Kier alpha value is -3.17. The summed E-state index contributed by atoms with van der Waals surface area (Å²) in [6, 6.07) is 6.45. The molecule has 1 heterocycles. The number of rotatable bonds is 6. The van der Waals surface area contributed by atoms with Gasteiger partial charge in [-0.1, -0.05) is 0 Å². The lowest BCUT2D eigenvalue weighted by molar-refractivity contribution is -0.274. The molecular weight excluding hydrogens is 403 g/mol. The molecule has 2 aromatic rings. The number of hydrogen-bond acceptors (Lipinski definition) is 5. The third-order valence-corrected chi connectivity index (χ3v) is 4.61. The molecule has 1 aromatic carbocycles. The van der Waals surface area contributed by atoms with E-state index in [4.69, 9.17) is 9.47 Å². The van der Waals surface area contributed by atoms with Gasteiger partial charge in [-0.15, -0.1) is 13.2 Å². The minimum atomic E-state index is -4.83. The lowest BCUT2D eigenvalue weighted by Gasteiger charge is -2.29. The van der Waals surface area contributed by atoms with E-state index in [-0.39, 0.29) is 23.6 Å². The summed E-state index contributed by atoms with van der Waals surface area (Å²) >= 11 is 0. The minimum absolute atomic E-state index is 0.0600. The Morgan fingerprint density at radius 1 is 1.07 bits per heavy atom. The first-order valence-corrected chi connectivity index (χ1v) is 9.40. The Morgan fingerprint density at radius 2 is 1.77 bits per heavy atom. The van der Waals surface area contributed by atoms with E-state index >= 15 is 0 Å². The van der Waals surface area contributed by atoms with E-state index in [0.717, 1.165) is 43.6 Å². The van der Waals surface area contributed by atoms with Crippen LogP contribution >= 0.6 is 0 Å². The highest BCUT2D eigenvalue weighted by Crippen LogP contribution is 2.32. The predicted octanol–water partition coefficient (Wildman–Crippen LogP) is 4.50. The molecule has 2 amide bonds. The number of anilines is 1. The summed E-state index contributed by atoms with van der Waals surface area (Å²) in [4.78, 5) is 16.3. The van der Waals surface area contributed by atoms with Crippen LogP contribution in [0.25, 0.3) is 0 Å². The summed E-state index contributed by atoms with van der Waals surface area (Å²) < 4.78 is 52.2. The third kappa shape index (κ3) is 6.43. The predicted molar refractivity (Wildman–Crippen MR) is 103 cm³/mol. The van der Waals surface area contributed by atoms with Crippen molar-refractivity contribution in [2.75, 3.05) is 12.4 Å². The highest BCUT2D eigenvalue weighted by atomic mass is 19.4. The molecule has 3 rings (SSSR count). The second kappa shape index (κ2) is 9.55. The monoisotopic (exact) mass is 425 g/mol. The van der Waals surface area contributed by atoms with Gasteiger partial charge in [0.05, 0.1) is 18.9 Å². The Morgan fingerprint density at radius 3 is 2.40 bits per heavy atom.